The molecule has 63 heavy (non-hydrogen) atoms. The summed E-state index contributed by atoms with van der Waals surface area (Å²) < 4.78 is 33.5. The number of hydrogen-bond acceptors (Lipinski definition) is 12. The van der Waals surface area contributed by atoms with E-state index in [2.05, 4.69) is 80.7 Å². The van der Waals surface area contributed by atoms with Gasteiger partial charge in [-0.2, -0.15) is 0 Å². The molecule has 0 spiro atoms. The summed E-state index contributed by atoms with van der Waals surface area (Å²) in [5, 5.41) is 50.2. The number of unbranched alkanes of at least 4 members (excludes halogenated alkanes) is 14. The number of phosphoric ester groups is 1. The number of carbonyl (C=O) groups is 2. The minimum absolute atomic E-state index is 0.0475. The molecular formula is C49H83O13P. The van der Waals surface area contributed by atoms with Gasteiger partial charge in [-0.05, 0) is 70.6 Å². The molecule has 0 aromatic rings. The van der Waals surface area contributed by atoms with Gasteiger partial charge in [-0.15, -0.1) is 0 Å². The summed E-state index contributed by atoms with van der Waals surface area (Å²) in [7, 11) is -5.14. The van der Waals surface area contributed by atoms with Gasteiger partial charge in [0.05, 0.1) is 6.61 Å². The first kappa shape index (κ1) is 58.3. The van der Waals surface area contributed by atoms with Gasteiger partial charge in [-0.1, -0.05) is 157 Å². The van der Waals surface area contributed by atoms with E-state index in [4.69, 9.17) is 18.5 Å². The summed E-state index contributed by atoms with van der Waals surface area (Å²) in [5.41, 5.74) is 0. The topological polar surface area (TPSA) is 210 Å². The van der Waals surface area contributed by atoms with Crippen molar-refractivity contribution < 1.29 is 63.1 Å². The lowest BCUT2D eigenvalue weighted by Gasteiger charge is -2.41. The summed E-state index contributed by atoms with van der Waals surface area (Å²) in [6.45, 7) is 3.12. The number of aliphatic hydroxyl groups is 5. The minimum atomic E-state index is -5.14. The quantitative estimate of drug-likeness (QED) is 0.0148. The summed E-state index contributed by atoms with van der Waals surface area (Å²) in [6.07, 6.45) is 35.4. The zero-order chi connectivity index (χ0) is 46.4. The zero-order valence-corrected chi connectivity index (χ0v) is 39.2. The minimum Gasteiger partial charge on any atom is -0.462 e. The standard InChI is InChI=1S/C49H83O13P/c1-3-5-7-9-11-13-15-17-19-20-21-22-24-26-28-30-32-34-36-38-43(51)61-41(40-60-63(57,58)62-49-47(55)45(53)44(52)46(54)48(49)56)39-59-42(50)37-35-33-31-29-27-25-23-18-16-14-12-10-8-6-4-2/h5,7,11,13,17,19,21-22,26,28,31,33,41,44-49,52-56H,3-4,6,8-10,12,14-16,18,20,23-25,27,29-30,32,34-40H2,1-2H3,(H,57,58)/b7-5+,13-11+,19-17+,22-21+,28-26+,33-31+/t41-,44?,45-,46?,47?,48?,49?/m1/s1. The van der Waals surface area contributed by atoms with E-state index < -0.39 is 75.7 Å². The number of carbonyl (C=O) groups excluding carboxylic acids is 2. The molecule has 6 unspecified atom stereocenters. The first-order valence-electron chi connectivity index (χ1n) is 23.7. The predicted octanol–water partition coefficient (Wildman–Crippen LogP) is 9.50. The normalized spacial score (nSPS) is 22.3. The van der Waals surface area contributed by atoms with E-state index in [1.54, 1.807) is 0 Å². The van der Waals surface area contributed by atoms with Gasteiger partial charge < -0.3 is 39.9 Å². The van der Waals surface area contributed by atoms with Gasteiger partial charge in [0.15, 0.2) is 6.10 Å². The second kappa shape index (κ2) is 38.5. The monoisotopic (exact) mass is 911 g/mol. The van der Waals surface area contributed by atoms with Crippen molar-refractivity contribution in [3.05, 3.63) is 72.9 Å². The molecule has 362 valence electrons. The van der Waals surface area contributed by atoms with Crippen LogP contribution in [0.4, 0.5) is 0 Å². The molecular weight excluding hydrogens is 828 g/mol. The maximum atomic E-state index is 12.8. The van der Waals surface area contributed by atoms with Crippen molar-refractivity contribution in [2.45, 2.75) is 211 Å². The Morgan fingerprint density at radius 2 is 0.937 bits per heavy atom. The van der Waals surface area contributed by atoms with E-state index in [0.29, 0.717) is 12.8 Å². The summed E-state index contributed by atoms with van der Waals surface area (Å²) in [6, 6.07) is 0. The van der Waals surface area contributed by atoms with Crippen LogP contribution in [0.25, 0.3) is 0 Å². The van der Waals surface area contributed by atoms with Crippen LogP contribution < -0.4 is 0 Å². The Morgan fingerprint density at radius 1 is 0.508 bits per heavy atom. The van der Waals surface area contributed by atoms with Crippen LogP contribution in [0.2, 0.25) is 0 Å². The number of aliphatic hydroxyl groups excluding tert-OH is 5. The molecule has 13 nitrogen and oxygen atoms in total. The fraction of sp³-hybridized carbons (Fsp3) is 0.714. The van der Waals surface area contributed by atoms with Crippen LogP contribution in [0.1, 0.15) is 168 Å². The second-order valence-electron chi connectivity index (χ2n) is 16.2. The highest BCUT2D eigenvalue weighted by Gasteiger charge is 2.51. The molecule has 0 aromatic heterocycles. The predicted molar refractivity (Wildman–Crippen MR) is 249 cm³/mol. The molecule has 0 saturated heterocycles. The molecule has 1 rings (SSSR count). The Labute approximate surface area is 378 Å². The molecule has 8 atom stereocenters. The lowest BCUT2D eigenvalue weighted by Crippen LogP contribution is -2.64. The SMILES string of the molecule is CC/C=C/C/C=C/C/C=C/C/C=C/C/C=C/CCCCCC(=O)O[C@H](COC(=O)CC/C=C/CCCCCCCCCCCCC)COP(=O)(O)OC1C(O)C(O)C(O)[C@@H](O)C1O. The number of hydrogen-bond donors (Lipinski definition) is 6. The number of rotatable bonds is 38. The van der Waals surface area contributed by atoms with Crippen LogP contribution in [0.3, 0.4) is 0 Å². The number of allylic oxidation sites excluding steroid dienone is 12. The van der Waals surface area contributed by atoms with E-state index in [9.17, 15) is 44.6 Å². The van der Waals surface area contributed by atoms with E-state index in [1.807, 2.05) is 6.08 Å². The van der Waals surface area contributed by atoms with Gasteiger partial charge in [0.2, 0.25) is 0 Å². The third kappa shape index (κ3) is 31.0. The fourth-order valence-electron chi connectivity index (χ4n) is 6.74. The highest BCUT2D eigenvalue weighted by atomic mass is 31.2. The molecule has 0 aliphatic heterocycles. The van der Waals surface area contributed by atoms with Gasteiger partial charge in [-0.3, -0.25) is 18.6 Å². The smallest absolute Gasteiger partial charge is 0.462 e. The molecule has 0 aromatic carbocycles. The molecule has 14 heteroatoms. The van der Waals surface area contributed by atoms with Gasteiger partial charge in [0.1, 0.15) is 43.2 Å². The summed E-state index contributed by atoms with van der Waals surface area (Å²) >= 11 is 0. The molecule has 0 bridgehead atoms. The van der Waals surface area contributed by atoms with Crippen LogP contribution in [0.15, 0.2) is 72.9 Å². The molecule has 6 N–H and O–H groups in total. The first-order valence-corrected chi connectivity index (χ1v) is 25.2. The second-order valence-corrected chi connectivity index (χ2v) is 17.6. The van der Waals surface area contributed by atoms with Crippen LogP contribution >= 0.6 is 7.82 Å². The maximum absolute atomic E-state index is 12.8. The molecule has 0 amide bonds. The number of ether oxygens (including phenoxy) is 2. The fourth-order valence-corrected chi connectivity index (χ4v) is 7.71. The van der Waals surface area contributed by atoms with Crippen LogP contribution in [0.5, 0.6) is 0 Å². The average Bonchev–Trinajstić information content (AvgIpc) is 3.26. The Balaban J connectivity index is 2.50. The van der Waals surface area contributed by atoms with Gasteiger partial charge in [0, 0.05) is 12.8 Å². The van der Waals surface area contributed by atoms with Crippen LogP contribution in [-0.4, -0.2) is 98.3 Å². The molecule has 1 aliphatic carbocycles. The zero-order valence-electron chi connectivity index (χ0n) is 38.3. The number of esters is 2. The molecule has 0 radical (unpaired) electrons. The molecule has 1 fully saturated rings. The Morgan fingerprint density at radius 3 is 1.46 bits per heavy atom. The van der Waals surface area contributed by atoms with Crippen molar-refractivity contribution in [2.75, 3.05) is 13.2 Å². The van der Waals surface area contributed by atoms with Gasteiger partial charge in [-0.25, -0.2) is 4.57 Å². The highest BCUT2D eigenvalue weighted by molar-refractivity contribution is 7.47. The van der Waals surface area contributed by atoms with Crippen molar-refractivity contribution in [3.63, 3.8) is 0 Å². The third-order valence-electron chi connectivity index (χ3n) is 10.5. The third-order valence-corrected chi connectivity index (χ3v) is 11.5. The number of phosphoric acid groups is 1. The Kier molecular flexibility index (Phi) is 35.7. The van der Waals surface area contributed by atoms with Crippen molar-refractivity contribution in [1.29, 1.82) is 0 Å². The molecule has 1 aliphatic rings. The van der Waals surface area contributed by atoms with Crippen LogP contribution in [0, 0.1) is 0 Å². The Hall–Kier alpha value is -2.71. The average molecular weight is 911 g/mol. The summed E-state index contributed by atoms with van der Waals surface area (Å²) in [5.74, 6) is -1.20. The molecule has 1 saturated carbocycles. The lowest BCUT2D eigenvalue weighted by atomic mass is 9.85. The van der Waals surface area contributed by atoms with Crippen molar-refractivity contribution in [1.82, 2.24) is 0 Å². The molecule has 0 heterocycles. The van der Waals surface area contributed by atoms with Gasteiger partial charge in [0.25, 0.3) is 0 Å². The van der Waals surface area contributed by atoms with Crippen molar-refractivity contribution in [2.24, 2.45) is 0 Å². The van der Waals surface area contributed by atoms with Crippen molar-refractivity contribution in [3.8, 4) is 0 Å². The van der Waals surface area contributed by atoms with Crippen molar-refractivity contribution >= 4 is 19.8 Å². The van der Waals surface area contributed by atoms with E-state index in [-0.39, 0.29) is 12.8 Å². The largest absolute Gasteiger partial charge is 0.472 e. The van der Waals surface area contributed by atoms with E-state index in [1.165, 1.54) is 64.2 Å². The van der Waals surface area contributed by atoms with Crippen LogP contribution in [-0.2, 0) is 32.7 Å². The Bertz CT molecular complexity index is 1380. The maximum Gasteiger partial charge on any atom is 0.472 e. The first-order chi connectivity index (χ1) is 30.4. The van der Waals surface area contributed by atoms with E-state index >= 15 is 0 Å². The summed E-state index contributed by atoms with van der Waals surface area (Å²) in [4.78, 5) is 35.7. The lowest BCUT2D eigenvalue weighted by molar-refractivity contribution is -0.220. The van der Waals surface area contributed by atoms with E-state index in [0.717, 1.165) is 64.2 Å². The highest BCUT2D eigenvalue weighted by Crippen LogP contribution is 2.47. The van der Waals surface area contributed by atoms with Gasteiger partial charge >= 0.3 is 19.8 Å².